The molecule has 7 heteroatoms. The lowest BCUT2D eigenvalue weighted by Gasteiger charge is -2.19. The van der Waals surface area contributed by atoms with E-state index in [0.29, 0.717) is 13.2 Å². The smallest absolute Gasteiger partial charge is 0.191 e. The van der Waals surface area contributed by atoms with Gasteiger partial charge in [-0.2, -0.15) is 0 Å². The van der Waals surface area contributed by atoms with Gasteiger partial charge in [-0.25, -0.2) is 0 Å². The van der Waals surface area contributed by atoms with Gasteiger partial charge in [0.2, 0.25) is 0 Å². The van der Waals surface area contributed by atoms with Crippen LogP contribution in [0.3, 0.4) is 0 Å². The highest BCUT2D eigenvalue weighted by molar-refractivity contribution is 14.0. The summed E-state index contributed by atoms with van der Waals surface area (Å²) in [5.74, 6) is 1.58. The van der Waals surface area contributed by atoms with Crippen LogP contribution in [0.2, 0.25) is 0 Å². The molecule has 0 spiro atoms. The highest BCUT2D eigenvalue weighted by Gasteiger charge is 2.44. The lowest BCUT2D eigenvalue weighted by atomic mass is 9.96. The SMILES string of the molecule is CN=C(NCCOc1cccnc1)NCC1(c2cccc(Br)c2)CC1.I. The molecule has 0 atom stereocenters. The number of pyridine rings is 1. The highest BCUT2D eigenvalue weighted by atomic mass is 127. The minimum absolute atomic E-state index is 0. The molecule has 26 heavy (non-hydrogen) atoms. The summed E-state index contributed by atoms with van der Waals surface area (Å²) in [4.78, 5) is 8.32. The minimum atomic E-state index is 0. The number of nitrogens with one attached hydrogen (secondary N) is 2. The van der Waals surface area contributed by atoms with E-state index in [0.717, 1.165) is 22.7 Å². The summed E-state index contributed by atoms with van der Waals surface area (Å²) in [7, 11) is 1.79. The Hall–Kier alpha value is -1.35. The fourth-order valence-corrected chi connectivity index (χ4v) is 3.18. The second kappa shape index (κ2) is 10.1. The topological polar surface area (TPSA) is 58.5 Å². The summed E-state index contributed by atoms with van der Waals surface area (Å²) >= 11 is 3.56. The van der Waals surface area contributed by atoms with Crippen LogP contribution in [0.15, 0.2) is 58.3 Å². The van der Waals surface area contributed by atoms with E-state index in [1.165, 1.54) is 18.4 Å². The lowest BCUT2D eigenvalue weighted by molar-refractivity contribution is 0.320. The maximum atomic E-state index is 5.63. The van der Waals surface area contributed by atoms with Crippen LogP contribution in [0.25, 0.3) is 0 Å². The van der Waals surface area contributed by atoms with E-state index in [-0.39, 0.29) is 29.4 Å². The zero-order valence-electron chi connectivity index (χ0n) is 14.7. The van der Waals surface area contributed by atoms with Crippen LogP contribution in [0.5, 0.6) is 5.75 Å². The van der Waals surface area contributed by atoms with Crippen LogP contribution in [0, 0.1) is 0 Å². The van der Waals surface area contributed by atoms with Crippen molar-refractivity contribution >= 4 is 45.9 Å². The summed E-state index contributed by atoms with van der Waals surface area (Å²) in [6.45, 7) is 2.12. The van der Waals surface area contributed by atoms with Gasteiger partial charge in [0.1, 0.15) is 12.4 Å². The van der Waals surface area contributed by atoms with Gasteiger partial charge in [0.15, 0.2) is 5.96 Å². The van der Waals surface area contributed by atoms with Crippen molar-refractivity contribution in [3.63, 3.8) is 0 Å². The molecule has 1 heterocycles. The fraction of sp³-hybridized carbons (Fsp3) is 0.368. The maximum Gasteiger partial charge on any atom is 0.191 e. The van der Waals surface area contributed by atoms with E-state index in [2.05, 4.69) is 60.8 Å². The molecular weight excluding hydrogens is 507 g/mol. The van der Waals surface area contributed by atoms with E-state index in [9.17, 15) is 0 Å². The molecule has 0 radical (unpaired) electrons. The molecule has 0 unspecified atom stereocenters. The molecule has 0 amide bonds. The van der Waals surface area contributed by atoms with Crippen molar-refractivity contribution in [1.82, 2.24) is 15.6 Å². The van der Waals surface area contributed by atoms with Gasteiger partial charge in [-0.3, -0.25) is 9.98 Å². The lowest BCUT2D eigenvalue weighted by Crippen LogP contribution is -2.42. The molecule has 2 N–H and O–H groups in total. The Kier molecular flexibility index (Phi) is 8.15. The molecule has 1 aliphatic rings. The Morgan fingerprint density at radius 3 is 2.77 bits per heavy atom. The van der Waals surface area contributed by atoms with Crippen molar-refractivity contribution in [2.75, 3.05) is 26.7 Å². The van der Waals surface area contributed by atoms with Gasteiger partial charge in [-0.15, -0.1) is 24.0 Å². The number of guanidine groups is 1. The number of hydrogen-bond donors (Lipinski definition) is 2. The monoisotopic (exact) mass is 530 g/mol. The molecule has 2 aromatic rings. The summed E-state index contributed by atoms with van der Waals surface area (Å²) in [5, 5.41) is 6.73. The Morgan fingerprint density at radius 1 is 1.27 bits per heavy atom. The molecule has 1 aromatic heterocycles. The number of nitrogens with zero attached hydrogens (tertiary/aromatic N) is 2. The Balaban J connectivity index is 0.00000243. The van der Waals surface area contributed by atoms with Gasteiger partial charge >= 0.3 is 0 Å². The van der Waals surface area contributed by atoms with Crippen molar-refractivity contribution in [3.05, 3.63) is 58.8 Å². The highest BCUT2D eigenvalue weighted by Crippen LogP contribution is 2.48. The van der Waals surface area contributed by atoms with Crippen LogP contribution in [0.1, 0.15) is 18.4 Å². The molecule has 140 valence electrons. The summed E-state index contributed by atoms with van der Waals surface area (Å²) < 4.78 is 6.76. The van der Waals surface area contributed by atoms with Crippen LogP contribution < -0.4 is 15.4 Å². The van der Waals surface area contributed by atoms with Gasteiger partial charge in [0.05, 0.1) is 12.7 Å². The minimum Gasteiger partial charge on any atom is -0.490 e. The Bertz CT molecular complexity index is 722. The molecule has 1 aliphatic carbocycles. The predicted octanol–water partition coefficient (Wildman–Crippen LogP) is 3.74. The summed E-state index contributed by atoms with van der Waals surface area (Å²) in [6.07, 6.45) is 5.85. The summed E-state index contributed by atoms with van der Waals surface area (Å²) in [6, 6.07) is 12.3. The summed E-state index contributed by atoms with van der Waals surface area (Å²) in [5.41, 5.74) is 1.61. The number of halogens is 2. The van der Waals surface area contributed by atoms with Crippen LogP contribution >= 0.6 is 39.9 Å². The average molecular weight is 531 g/mol. The van der Waals surface area contributed by atoms with E-state index in [4.69, 9.17) is 4.74 Å². The maximum absolute atomic E-state index is 5.63. The second-order valence-electron chi connectivity index (χ2n) is 6.18. The normalized spacial score (nSPS) is 14.9. The van der Waals surface area contributed by atoms with E-state index in [1.807, 2.05) is 12.1 Å². The van der Waals surface area contributed by atoms with Crippen molar-refractivity contribution in [3.8, 4) is 5.75 Å². The first-order chi connectivity index (χ1) is 12.2. The molecule has 0 bridgehead atoms. The standard InChI is InChI=1S/C19H23BrN4O.HI/c1-21-18(23-10-11-25-17-6-3-9-22-13-17)24-14-19(7-8-19)15-4-2-5-16(20)12-15;/h2-6,9,12-13H,7-8,10-11,14H2,1H3,(H2,21,23,24);1H. The van der Waals surface area contributed by atoms with Crippen LogP contribution in [0.4, 0.5) is 0 Å². The quantitative estimate of drug-likeness (QED) is 0.248. The third-order valence-electron chi connectivity index (χ3n) is 4.41. The van der Waals surface area contributed by atoms with E-state index < -0.39 is 0 Å². The zero-order valence-corrected chi connectivity index (χ0v) is 18.7. The number of ether oxygens (including phenoxy) is 1. The third kappa shape index (κ3) is 5.84. The van der Waals surface area contributed by atoms with Crippen molar-refractivity contribution < 1.29 is 4.74 Å². The van der Waals surface area contributed by atoms with Gasteiger partial charge in [-0.1, -0.05) is 28.1 Å². The predicted molar refractivity (Wildman–Crippen MR) is 120 cm³/mol. The Labute approximate surface area is 180 Å². The van der Waals surface area contributed by atoms with Gasteiger partial charge < -0.3 is 15.4 Å². The van der Waals surface area contributed by atoms with Crippen molar-refractivity contribution in [2.24, 2.45) is 4.99 Å². The van der Waals surface area contributed by atoms with Gasteiger partial charge in [0, 0.05) is 29.7 Å². The number of aromatic nitrogens is 1. The number of aliphatic imine (C=N–C) groups is 1. The second-order valence-corrected chi connectivity index (χ2v) is 7.10. The van der Waals surface area contributed by atoms with Crippen LogP contribution in [-0.4, -0.2) is 37.7 Å². The van der Waals surface area contributed by atoms with Crippen molar-refractivity contribution in [2.45, 2.75) is 18.3 Å². The Morgan fingerprint density at radius 2 is 2.12 bits per heavy atom. The first-order valence-electron chi connectivity index (χ1n) is 8.45. The number of rotatable bonds is 7. The van der Waals surface area contributed by atoms with Crippen LogP contribution in [-0.2, 0) is 5.41 Å². The molecule has 3 rings (SSSR count). The molecule has 0 saturated heterocycles. The van der Waals surface area contributed by atoms with E-state index in [1.54, 1.807) is 19.4 Å². The first kappa shape index (κ1) is 21.0. The third-order valence-corrected chi connectivity index (χ3v) is 4.90. The fourth-order valence-electron chi connectivity index (χ4n) is 2.78. The average Bonchev–Trinajstić information content (AvgIpc) is 3.43. The van der Waals surface area contributed by atoms with Gasteiger partial charge in [-0.05, 0) is 42.7 Å². The van der Waals surface area contributed by atoms with Crippen molar-refractivity contribution in [1.29, 1.82) is 0 Å². The molecule has 1 saturated carbocycles. The first-order valence-corrected chi connectivity index (χ1v) is 9.25. The molecule has 1 fully saturated rings. The molecular formula is C19H24BrIN4O. The number of benzene rings is 1. The largest absolute Gasteiger partial charge is 0.490 e. The zero-order chi connectivity index (χ0) is 17.5. The van der Waals surface area contributed by atoms with E-state index >= 15 is 0 Å². The molecule has 5 nitrogen and oxygen atoms in total. The molecule has 1 aromatic carbocycles. The van der Waals surface area contributed by atoms with Gasteiger partial charge in [0.25, 0.3) is 0 Å². The number of hydrogen-bond acceptors (Lipinski definition) is 3. The molecule has 0 aliphatic heterocycles.